The third-order valence-corrected chi connectivity index (χ3v) is 3.04. The standard InChI is InChI=1S/C13H8Cl2FNO2/c14-9-2-1-3-10(15)12(9)17-13(19)8-5-4-7(16)6-11(8)18/h1-6,18H,(H,17,19). The molecular weight excluding hydrogens is 292 g/mol. The largest absolute Gasteiger partial charge is 0.507 e. The van der Waals surface area contributed by atoms with Crippen molar-refractivity contribution in [3.63, 3.8) is 0 Å². The zero-order valence-corrected chi connectivity index (χ0v) is 11.0. The molecule has 3 nitrogen and oxygen atoms in total. The van der Waals surface area contributed by atoms with Gasteiger partial charge in [-0.2, -0.15) is 0 Å². The molecule has 0 aliphatic rings. The lowest BCUT2D eigenvalue weighted by molar-refractivity contribution is 0.102. The normalized spacial score (nSPS) is 10.3. The molecule has 0 heterocycles. The van der Waals surface area contributed by atoms with E-state index in [0.29, 0.717) is 0 Å². The van der Waals surface area contributed by atoms with Crippen LogP contribution in [0.5, 0.6) is 5.75 Å². The number of aromatic hydroxyl groups is 1. The van der Waals surface area contributed by atoms with Crippen LogP contribution in [0.3, 0.4) is 0 Å². The highest BCUT2D eigenvalue weighted by molar-refractivity contribution is 6.40. The molecule has 98 valence electrons. The van der Waals surface area contributed by atoms with Crippen molar-refractivity contribution in [3.8, 4) is 5.75 Å². The van der Waals surface area contributed by atoms with Gasteiger partial charge in [0.1, 0.15) is 11.6 Å². The van der Waals surface area contributed by atoms with Crippen molar-refractivity contribution in [3.05, 3.63) is 57.8 Å². The van der Waals surface area contributed by atoms with Crippen molar-refractivity contribution in [1.82, 2.24) is 0 Å². The number of amides is 1. The molecular formula is C13H8Cl2FNO2. The molecule has 0 aromatic heterocycles. The summed E-state index contributed by atoms with van der Waals surface area (Å²) in [5.41, 5.74) is 0.164. The molecule has 0 aliphatic carbocycles. The zero-order chi connectivity index (χ0) is 14.0. The van der Waals surface area contributed by atoms with Crippen LogP contribution in [-0.4, -0.2) is 11.0 Å². The van der Waals surface area contributed by atoms with Crippen molar-refractivity contribution >= 4 is 34.8 Å². The molecule has 0 spiro atoms. The highest BCUT2D eigenvalue weighted by atomic mass is 35.5. The minimum atomic E-state index is -0.634. The number of phenolic OH excluding ortho intramolecular Hbond substituents is 1. The van der Waals surface area contributed by atoms with E-state index in [4.69, 9.17) is 23.2 Å². The minimum Gasteiger partial charge on any atom is -0.507 e. The van der Waals surface area contributed by atoms with Crippen LogP contribution in [0.15, 0.2) is 36.4 Å². The summed E-state index contributed by atoms with van der Waals surface area (Å²) < 4.78 is 12.8. The van der Waals surface area contributed by atoms with Gasteiger partial charge in [0.15, 0.2) is 0 Å². The molecule has 0 fully saturated rings. The molecule has 2 aromatic carbocycles. The van der Waals surface area contributed by atoms with E-state index in [0.717, 1.165) is 12.1 Å². The number of carbonyl (C=O) groups is 1. The van der Waals surface area contributed by atoms with Gasteiger partial charge in [0.05, 0.1) is 21.3 Å². The number of hydrogen-bond donors (Lipinski definition) is 2. The number of benzene rings is 2. The molecule has 0 aliphatic heterocycles. The van der Waals surface area contributed by atoms with Crippen LogP contribution in [0.2, 0.25) is 10.0 Å². The van der Waals surface area contributed by atoms with Gasteiger partial charge in [-0.3, -0.25) is 4.79 Å². The number of carbonyl (C=O) groups excluding carboxylic acids is 1. The van der Waals surface area contributed by atoms with E-state index in [1.807, 2.05) is 0 Å². The number of para-hydroxylation sites is 1. The summed E-state index contributed by atoms with van der Waals surface area (Å²) in [4.78, 5) is 11.9. The lowest BCUT2D eigenvalue weighted by atomic mass is 10.1. The number of phenols is 1. The Hall–Kier alpha value is -1.78. The number of nitrogens with one attached hydrogen (secondary N) is 1. The zero-order valence-electron chi connectivity index (χ0n) is 9.45. The van der Waals surface area contributed by atoms with Crippen molar-refractivity contribution in [2.75, 3.05) is 5.32 Å². The van der Waals surface area contributed by atoms with Crippen LogP contribution in [0.1, 0.15) is 10.4 Å². The Kier molecular flexibility index (Phi) is 3.93. The summed E-state index contributed by atoms with van der Waals surface area (Å²) in [6.07, 6.45) is 0. The summed E-state index contributed by atoms with van der Waals surface area (Å²) in [6, 6.07) is 7.85. The second-order valence-corrected chi connectivity index (χ2v) is 4.53. The fourth-order valence-corrected chi connectivity index (χ4v) is 1.99. The number of rotatable bonds is 2. The molecule has 19 heavy (non-hydrogen) atoms. The van der Waals surface area contributed by atoms with E-state index in [1.165, 1.54) is 6.07 Å². The third kappa shape index (κ3) is 2.97. The second kappa shape index (κ2) is 5.47. The van der Waals surface area contributed by atoms with E-state index in [2.05, 4.69) is 5.32 Å². The first-order valence-electron chi connectivity index (χ1n) is 5.23. The maximum atomic E-state index is 12.8. The van der Waals surface area contributed by atoms with Crippen molar-refractivity contribution in [2.24, 2.45) is 0 Å². The van der Waals surface area contributed by atoms with E-state index in [1.54, 1.807) is 18.2 Å². The quantitative estimate of drug-likeness (QED) is 0.877. The summed E-state index contributed by atoms with van der Waals surface area (Å²) in [5.74, 6) is -1.72. The van der Waals surface area contributed by atoms with Crippen LogP contribution >= 0.6 is 23.2 Å². The molecule has 2 N–H and O–H groups in total. The highest BCUT2D eigenvalue weighted by Gasteiger charge is 2.15. The Balaban J connectivity index is 2.31. The lowest BCUT2D eigenvalue weighted by Gasteiger charge is -2.10. The molecule has 6 heteroatoms. The van der Waals surface area contributed by atoms with Crippen molar-refractivity contribution in [2.45, 2.75) is 0 Å². The van der Waals surface area contributed by atoms with Gasteiger partial charge < -0.3 is 10.4 Å². The minimum absolute atomic E-state index is 0.0719. The molecule has 0 unspecified atom stereocenters. The number of halogens is 3. The van der Waals surface area contributed by atoms with Gasteiger partial charge in [-0.1, -0.05) is 29.3 Å². The van der Waals surface area contributed by atoms with Gasteiger partial charge in [-0.25, -0.2) is 4.39 Å². The number of anilines is 1. The van der Waals surface area contributed by atoms with Crippen LogP contribution in [0.25, 0.3) is 0 Å². The fourth-order valence-electron chi connectivity index (χ4n) is 1.49. The van der Waals surface area contributed by atoms with Gasteiger partial charge in [0.25, 0.3) is 5.91 Å². The van der Waals surface area contributed by atoms with Gasteiger partial charge >= 0.3 is 0 Å². The Bertz CT molecular complexity index is 626. The smallest absolute Gasteiger partial charge is 0.259 e. The molecule has 0 radical (unpaired) electrons. The van der Waals surface area contributed by atoms with E-state index in [-0.39, 0.29) is 21.3 Å². The Morgan fingerprint density at radius 1 is 1.16 bits per heavy atom. The lowest BCUT2D eigenvalue weighted by Crippen LogP contribution is -2.12. The first-order valence-corrected chi connectivity index (χ1v) is 5.98. The predicted molar refractivity (Wildman–Crippen MR) is 72.5 cm³/mol. The summed E-state index contributed by atoms with van der Waals surface area (Å²) in [7, 11) is 0. The van der Waals surface area contributed by atoms with Crippen LogP contribution in [-0.2, 0) is 0 Å². The number of hydrogen-bond acceptors (Lipinski definition) is 2. The SMILES string of the molecule is O=C(Nc1c(Cl)cccc1Cl)c1ccc(F)cc1O. The Morgan fingerprint density at radius 3 is 2.37 bits per heavy atom. The van der Waals surface area contributed by atoms with E-state index < -0.39 is 17.5 Å². The van der Waals surface area contributed by atoms with Gasteiger partial charge in [0, 0.05) is 6.07 Å². The van der Waals surface area contributed by atoms with Gasteiger partial charge in [0.2, 0.25) is 0 Å². The molecule has 2 aromatic rings. The van der Waals surface area contributed by atoms with Gasteiger partial charge in [-0.05, 0) is 24.3 Å². The average molecular weight is 300 g/mol. The molecule has 0 bridgehead atoms. The second-order valence-electron chi connectivity index (χ2n) is 3.71. The molecule has 0 saturated carbocycles. The maximum absolute atomic E-state index is 12.8. The molecule has 1 amide bonds. The van der Waals surface area contributed by atoms with Crippen LogP contribution in [0, 0.1) is 5.82 Å². The Morgan fingerprint density at radius 2 is 1.79 bits per heavy atom. The van der Waals surface area contributed by atoms with Gasteiger partial charge in [-0.15, -0.1) is 0 Å². The highest BCUT2D eigenvalue weighted by Crippen LogP contribution is 2.31. The van der Waals surface area contributed by atoms with Crippen molar-refractivity contribution < 1.29 is 14.3 Å². The van der Waals surface area contributed by atoms with Crippen molar-refractivity contribution in [1.29, 1.82) is 0 Å². The molecule has 0 atom stereocenters. The molecule has 2 rings (SSSR count). The maximum Gasteiger partial charge on any atom is 0.259 e. The van der Waals surface area contributed by atoms with Crippen LogP contribution < -0.4 is 5.32 Å². The van der Waals surface area contributed by atoms with Crippen LogP contribution in [0.4, 0.5) is 10.1 Å². The Labute approximate surface area is 118 Å². The molecule has 0 saturated heterocycles. The predicted octanol–water partition coefficient (Wildman–Crippen LogP) is 4.09. The summed E-state index contributed by atoms with van der Waals surface area (Å²) in [5, 5.41) is 12.5. The fraction of sp³-hybridized carbons (Fsp3) is 0. The monoisotopic (exact) mass is 299 g/mol. The van der Waals surface area contributed by atoms with E-state index in [9.17, 15) is 14.3 Å². The van der Waals surface area contributed by atoms with E-state index >= 15 is 0 Å². The summed E-state index contributed by atoms with van der Waals surface area (Å²) in [6.45, 7) is 0. The topological polar surface area (TPSA) is 49.3 Å². The first-order chi connectivity index (χ1) is 8.99. The summed E-state index contributed by atoms with van der Waals surface area (Å²) >= 11 is 11.8. The average Bonchev–Trinajstić information content (AvgIpc) is 2.33. The third-order valence-electron chi connectivity index (χ3n) is 2.41. The first kappa shape index (κ1) is 13.6.